The third kappa shape index (κ3) is 4.42. The van der Waals surface area contributed by atoms with Gasteiger partial charge in [-0.2, -0.15) is 0 Å². The Balaban J connectivity index is 1.71. The summed E-state index contributed by atoms with van der Waals surface area (Å²) in [6.07, 6.45) is 0. The molecule has 1 aliphatic heterocycles. The van der Waals surface area contributed by atoms with Crippen molar-refractivity contribution in [3.05, 3.63) is 94.2 Å². The number of hydrogen-bond donors (Lipinski definition) is 1. The number of methoxy groups -OCH3 is 1. The summed E-state index contributed by atoms with van der Waals surface area (Å²) in [7, 11) is 1.56. The maximum atomic E-state index is 13.4. The van der Waals surface area contributed by atoms with Gasteiger partial charge >= 0.3 is 0 Å². The summed E-state index contributed by atoms with van der Waals surface area (Å²) >= 11 is 7.11. The summed E-state index contributed by atoms with van der Waals surface area (Å²) in [6, 6.07) is 19.1. The van der Waals surface area contributed by atoms with E-state index in [0.717, 1.165) is 21.6 Å². The molecular formula is C23H16ClFN2O3S. The zero-order valence-corrected chi connectivity index (χ0v) is 17.8. The molecule has 0 bridgehead atoms. The van der Waals surface area contributed by atoms with E-state index in [1.807, 2.05) is 0 Å². The van der Waals surface area contributed by atoms with Crippen LogP contribution in [0.25, 0.3) is 0 Å². The molecule has 31 heavy (non-hydrogen) atoms. The maximum absolute atomic E-state index is 13.4. The SMILES string of the molecule is COc1ccc(NC2=C(Sc3ccc(Cl)cc3)C(=O)N(c3ccc(F)cc3)C2=O)cc1. The van der Waals surface area contributed by atoms with Gasteiger partial charge in [0, 0.05) is 15.6 Å². The van der Waals surface area contributed by atoms with E-state index < -0.39 is 17.6 Å². The number of ether oxygens (including phenoxy) is 1. The van der Waals surface area contributed by atoms with E-state index >= 15 is 0 Å². The number of anilines is 2. The second kappa shape index (κ2) is 8.83. The zero-order valence-electron chi connectivity index (χ0n) is 16.3. The fourth-order valence-corrected chi connectivity index (χ4v) is 4.03. The molecule has 0 unspecified atom stereocenters. The highest BCUT2D eigenvalue weighted by Crippen LogP contribution is 2.38. The van der Waals surface area contributed by atoms with Crippen molar-refractivity contribution in [1.29, 1.82) is 0 Å². The van der Waals surface area contributed by atoms with Gasteiger partial charge in [-0.05, 0) is 72.8 Å². The van der Waals surface area contributed by atoms with E-state index in [4.69, 9.17) is 16.3 Å². The monoisotopic (exact) mass is 454 g/mol. The Morgan fingerprint density at radius 1 is 0.903 bits per heavy atom. The van der Waals surface area contributed by atoms with Crippen LogP contribution in [0.4, 0.5) is 15.8 Å². The first kappa shape index (κ1) is 21.0. The van der Waals surface area contributed by atoms with Crippen molar-refractivity contribution >= 4 is 46.6 Å². The quantitative estimate of drug-likeness (QED) is 0.500. The summed E-state index contributed by atoms with van der Waals surface area (Å²) in [6.45, 7) is 0. The average Bonchev–Trinajstić information content (AvgIpc) is 3.00. The topological polar surface area (TPSA) is 58.6 Å². The Morgan fingerprint density at radius 2 is 1.55 bits per heavy atom. The second-order valence-corrected chi connectivity index (χ2v) is 8.06. The van der Waals surface area contributed by atoms with Crippen molar-refractivity contribution in [1.82, 2.24) is 0 Å². The smallest absolute Gasteiger partial charge is 0.283 e. The van der Waals surface area contributed by atoms with Crippen molar-refractivity contribution in [3.63, 3.8) is 0 Å². The molecule has 0 fully saturated rings. The van der Waals surface area contributed by atoms with Gasteiger partial charge in [0.15, 0.2) is 0 Å². The number of nitrogens with one attached hydrogen (secondary N) is 1. The number of amides is 2. The van der Waals surface area contributed by atoms with Crippen LogP contribution in [0.5, 0.6) is 5.75 Å². The van der Waals surface area contributed by atoms with E-state index in [-0.39, 0.29) is 16.3 Å². The fraction of sp³-hybridized carbons (Fsp3) is 0.0435. The minimum absolute atomic E-state index is 0.138. The lowest BCUT2D eigenvalue weighted by Crippen LogP contribution is -2.32. The average molecular weight is 455 g/mol. The Bertz CT molecular complexity index is 1160. The van der Waals surface area contributed by atoms with Gasteiger partial charge in [0.1, 0.15) is 22.2 Å². The predicted molar refractivity (Wildman–Crippen MR) is 120 cm³/mol. The minimum atomic E-state index is -0.524. The molecule has 0 saturated carbocycles. The molecule has 1 aliphatic rings. The minimum Gasteiger partial charge on any atom is -0.497 e. The molecule has 3 aromatic rings. The first-order valence-corrected chi connectivity index (χ1v) is 10.4. The van der Waals surface area contributed by atoms with Crippen LogP contribution in [0.1, 0.15) is 0 Å². The van der Waals surface area contributed by atoms with Gasteiger partial charge in [-0.3, -0.25) is 9.59 Å². The molecule has 5 nitrogen and oxygen atoms in total. The molecule has 0 atom stereocenters. The maximum Gasteiger partial charge on any atom is 0.283 e. The lowest BCUT2D eigenvalue weighted by Gasteiger charge is -2.15. The number of carbonyl (C=O) groups is 2. The number of rotatable bonds is 6. The molecule has 3 aromatic carbocycles. The first-order chi connectivity index (χ1) is 15.0. The standard InChI is InChI=1S/C23H16ClFN2O3S/c1-30-18-10-6-16(7-11-18)26-20-21(31-19-12-2-14(24)3-13-19)23(29)27(22(20)28)17-8-4-15(25)5-9-17/h2-13,26H,1H3. The van der Waals surface area contributed by atoms with E-state index in [0.29, 0.717) is 16.5 Å². The number of imide groups is 1. The summed E-state index contributed by atoms with van der Waals surface area (Å²) in [4.78, 5) is 28.4. The molecule has 8 heteroatoms. The number of hydrogen-bond acceptors (Lipinski definition) is 5. The first-order valence-electron chi connectivity index (χ1n) is 9.19. The van der Waals surface area contributed by atoms with Crippen LogP contribution in [0, 0.1) is 5.82 Å². The molecule has 0 saturated heterocycles. The normalized spacial score (nSPS) is 13.7. The van der Waals surface area contributed by atoms with E-state index in [2.05, 4.69) is 5.32 Å². The Kier molecular flexibility index (Phi) is 5.97. The zero-order chi connectivity index (χ0) is 22.0. The van der Waals surface area contributed by atoms with E-state index in [1.54, 1.807) is 55.6 Å². The molecule has 0 aliphatic carbocycles. The van der Waals surface area contributed by atoms with Crippen molar-refractivity contribution < 1.29 is 18.7 Å². The van der Waals surface area contributed by atoms with Crippen LogP contribution >= 0.6 is 23.4 Å². The Hall–Kier alpha value is -3.29. The Labute approximate surface area is 187 Å². The van der Waals surface area contributed by atoms with Gasteiger partial charge in [0.25, 0.3) is 11.8 Å². The molecule has 1 heterocycles. The van der Waals surface area contributed by atoms with Gasteiger partial charge in [-0.25, -0.2) is 9.29 Å². The van der Waals surface area contributed by atoms with Crippen LogP contribution in [0.2, 0.25) is 5.02 Å². The van der Waals surface area contributed by atoms with Crippen LogP contribution < -0.4 is 15.0 Å². The summed E-state index contributed by atoms with van der Waals surface area (Å²) in [5, 5.41) is 3.62. The number of carbonyl (C=O) groups excluding carboxylic acids is 2. The summed E-state index contributed by atoms with van der Waals surface area (Å²) in [5.41, 5.74) is 1.05. The largest absolute Gasteiger partial charge is 0.497 e. The predicted octanol–water partition coefficient (Wildman–Crippen LogP) is 5.48. The van der Waals surface area contributed by atoms with E-state index in [9.17, 15) is 14.0 Å². The summed E-state index contributed by atoms with van der Waals surface area (Å²) in [5.74, 6) is -0.809. The molecular weight excluding hydrogens is 439 g/mol. The molecule has 1 N–H and O–H groups in total. The molecule has 4 rings (SSSR count). The van der Waals surface area contributed by atoms with Crippen molar-refractivity contribution in [3.8, 4) is 5.75 Å². The van der Waals surface area contributed by atoms with Gasteiger partial charge in [0.2, 0.25) is 0 Å². The highest BCUT2D eigenvalue weighted by atomic mass is 35.5. The van der Waals surface area contributed by atoms with Crippen molar-refractivity contribution in [2.24, 2.45) is 0 Å². The third-order valence-electron chi connectivity index (χ3n) is 4.52. The molecule has 2 amide bonds. The van der Waals surface area contributed by atoms with Crippen LogP contribution in [-0.2, 0) is 9.59 Å². The molecule has 0 radical (unpaired) electrons. The molecule has 0 spiro atoms. The highest BCUT2D eigenvalue weighted by molar-refractivity contribution is 8.04. The van der Waals surface area contributed by atoms with Crippen molar-refractivity contribution in [2.75, 3.05) is 17.3 Å². The van der Waals surface area contributed by atoms with Crippen LogP contribution in [-0.4, -0.2) is 18.9 Å². The number of thioether (sulfide) groups is 1. The lowest BCUT2D eigenvalue weighted by molar-refractivity contribution is -0.120. The van der Waals surface area contributed by atoms with Gasteiger partial charge < -0.3 is 10.1 Å². The summed E-state index contributed by atoms with van der Waals surface area (Å²) < 4.78 is 18.5. The van der Waals surface area contributed by atoms with Crippen molar-refractivity contribution in [2.45, 2.75) is 4.90 Å². The van der Waals surface area contributed by atoms with E-state index in [1.165, 1.54) is 24.3 Å². The van der Waals surface area contributed by atoms with Crippen LogP contribution in [0.3, 0.4) is 0 Å². The van der Waals surface area contributed by atoms with Gasteiger partial charge in [0.05, 0.1) is 12.8 Å². The van der Waals surface area contributed by atoms with Gasteiger partial charge in [-0.1, -0.05) is 23.4 Å². The lowest BCUT2D eigenvalue weighted by atomic mass is 10.2. The van der Waals surface area contributed by atoms with Gasteiger partial charge in [-0.15, -0.1) is 0 Å². The second-order valence-electron chi connectivity index (χ2n) is 6.54. The van der Waals surface area contributed by atoms with Crippen LogP contribution in [0.15, 0.2) is 88.3 Å². The highest BCUT2D eigenvalue weighted by Gasteiger charge is 2.40. The number of halogens is 2. The Morgan fingerprint density at radius 3 is 2.16 bits per heavy atom. The fourth-order valence-electron chi connectivity index (χ4n) is 2.98. The number of benzene rings is 3. The number of nitrogens with zero attached hydrogens (tertiary/aromatic N) is 1. The third-order valence-corrected chi connectivity index (χ3v) is 5.86. The molecule has 156 valence electrons. The molecule has 0 aromatic heterocycles.